The topological polar surface area (TPSA) is 99.3 Å². The third-order valence-corrected chi connectivity index (χ3v) is 3.51. The molecule has 4 N–H and O–H groups in total. The molecule has 2 aromatic rings. The molecule has 2 aromatic carbocycles. The van der Waals surface area contributed by atoms with Crippen LogP contribution in [0.5, 0.6) is 0 Å². The molecule has 0 bridgehead atoms. The zero-order valence-corrected chi connectivity index (χ0v) is 15.6. The van der Waals surface area contributed by atoms with Crippen molar-refractivity contribution in [3.05, 3.63) is 54.1 Å². The Bertz CT molecular complexity index is 799. The van der Waals surface area contributed by atoms with Crippen LogP contribution in [0.25, 0.3) is 0 Å². The molecule has 7 nitrogen and oxygen atoms in total. The van der Waals surface area contributed by atoms with Crippen LogP contribution in [0.1, 0.15) is 31.1 Å². The lowest BCUT2D eigenvalue weighted by Crippen LogP contribution is -2.30. The molecule has 0 fully saturated rings. The third-order valence-electron chi connectivity index (χ3n) is 3.51. The highest BCUT2D eigenvalue weighted by molar-refractivity contribution is 5.96. The zero-order valence-electron chi connectivity index (χ0n) is 15.6. The molecular weight excluding hydrogens is 344 g/mol. The first-order valence-corrected chi connectivity index (χ1v) is 8.66. The van der Waals surface area contributed by atoms with Gasteiger partial charge in [-0.3, -0.25) is 14.4 Å². The van der Waals surface area contributed by atoms with Crippen LogP contribution >= 0.6 is 0 Å². The Morgan fingerprint density at radius 2 is 1.33 bits per heavy atom. The fourth-order valence-electron chi connectivity index (χ4n) is 2.31. The molecule has 0 radical (unpaired) electrons. The van der Waals surface area contributed by atoms with Crippen LogP contribution in [0.4, 0.5) is 17.1 Å². The van der Waals surface area contributed by atoms with Crippen LogP contribution in [-0.4, -0.2) is 30.3 Å². The molecule has 0 saturated heterocycles. The highest BCUT2D eigenvalue weighted by Crippen LogP contribution is 2.14. The van der Waals surface area contributed by atoms with E-state index in [4.69, 9.17) is 0 Å². The van der Waals surface area contributed by atoms with E-state index >= 15 is 0 Å². The summed E-state index contributed by atoms with van der Waals surface area (Å²) >= 11 is 0. The largest absolute Gasteiger partial charge is 0.376 e. The number of anilines is 3. The highest BCUT2D eigenvalue weighted by atomic mass is 16.2. The van der Waals surface area contributed by atoms with Crippen LogP contribution < -0.4 is 21.3 Å². The first-order chi connectivity index (χ1) is 12.8. The summed E-state index contributed by atoms with van der Waals surface area (Å²) in [4.78, 5) is 34.9. The molecule has 7 heteroatoms. The van der Waals surface area contributed by atoms with Gasteiger partial charge in [-0.15, -0.1) is 0 Å². The molecule has 3 amide bonds. The number of nitrogens with one attached hydrogen (secondary N) is 4. The molecule has 2 rings (SSSR count). The minimum atomic E-state index is -0.205. The molecule has 0 spiro atoms. The monoisotopic (exact) mass is 368 g/mol. The second kappa shape index (κ2) is 9.38. The van der Waals surface area contributed by atoms with Gasteiger partial charge in [-0.05, 0) is 62.4 Å². The van der Waals surface area contributed by atoms with E-state index in [-0.39, 0.29) is 30.3 Å². The van der Waals surface area contributed by atoms with E-state index in [0.29, 0.717) is 16.9 Å². The summed E-state index contributed by atoms with van der Waals surface area (Å²) in [6.07, 6.45) is 0. The van der Waals surface area contributed by atoms with Gasteiger partial charge in [0, 0.05) is 35.6 Å². The van der Waals surface area contributed by atoms with Gasteiger partial charge in [0.15, 0.2) is 0 Å². The van der Waals surface area contributed by atoms with E-state index in [0.717, 1.165) is 5.69 Å². The van der Waals surface area contributed by atoms with Crippen LogP contribution in [0.3, 0.4) is 0 Å². The molecule has 0 heterocycles. The second-order valence-electron chi connectivity index (χ2n) is 6.37. The van der Waals surface area contributed by atoms with Crippen molar-refractivity contribution in [2.75, 3.05) is 22.5 Å². The van der Waals surface area contributed by atoms with Gasteiger partial charge in [0.25, 0.3) is 5.91 Å². The predicted molar refractivity (Wildman–Crippen MR) is 107 cm³/mol. The van der Waals surface area contributed by atoms with Crippen molar-refractivity contribution in [1.29, 1.82) is 0 Å². The van der Waals surface area contributed by atoms with Gasteiger partial charge in [-0.2, -0.15) is 0 Å². The summed E-state index contributed by atoms with van der Waals surface area (Å²) in [5, 5.41) is 11.3. The predicted octanol–water partition coefficient (Wildman–Crippen LogP) is 2.83. The van der Waals surface area contributed by atoms with E-state index < -0.39 is 0 Å². The SMILES string of the molecule is CC(=O)Nc1ccc(NC(=O)CNc2ccc(C(=O)NC(C)C)cc2)cc1. The van der Waals surface area contributed by atoms with Gasteiger partial charge in [-0.25, -0.2) is 0 Å². The number of hydrogen-bond acceptors (Lipinski definition) is 4. The van der Waals surface area contributed by atoms with Crippen molar-refractivity contribution in [1.82, 2.24) is 5.32 Å². The van der Waals surface area contributed by atoms with Crippen LogP contribution in [0.15, 0.2) is 48.5 Å². The maximum Gasteiger partial charge on any atom is 0.251 e. The van der Waals surface area contributed by atoms with Crippen molar-refractivity contribution in [3.8, 4) is 0 Å². The summed E-state index contributed by atoms with van der Waals surface area (Å²) < 4.78 is 0. The molecule has 0 aromatic heterocycles. The van der Waals surface area contributed by atoms with Gasteiger partial charge in [0.05, 0.1) is 6.54 Å². The average molecular weight is 368 g/mol. The van der Waals surface area contributed by atoms with E-state index in [2.05, 4.69) is 21.3 Å². The van der Waals surface area contributed by atoms with Gasteiger partial charge < -0.3 is 21.3 Å². The Morgan fingerprint density at radius 1 is 0.815 bits per heavy atom. The molecule has 0 aliphatic carbocycles. The minimum Gasteiger partial charge on any atom is -0.376 e. The molecular formula is C20H24N4O3. The molecule has 142 valence electrons. The van der Waals surface area contributed by atoms with Crippen molar-refractivity contribution < 1.29 is 14.4 Å². The average Bonchev–Trinajstić information content (AvgIpc) is 2.61. The molecule has 0 saturated carbocycles. The summed E-state index contributed by atoms with van der Waals surface area (Å²) in [5.41, 5.74) is 2.61. The van der Waals surface area contributed by atoms with Crippen molar-refractivity contribution in [2.24, 2.45) is 0 Å². The number of hydrogen-bond donors (Lipinski definition) is 4. The zero-order chi connectivity index (χ0) is 19.8. The van der Waals surface area contributed by atoms with Gasteiger partial charge in [0.1, 0.15) is 0 Å². The number of rotatable bonds is 7. The Hall–Kier alpha value is -3.35. The fourth-order valence-corrected chi connectivity index (χ4v) is 2.31. The molecule has 27 heavy (non-hydrogen) atoms. The maximum absolute atomic E-state index is 12.0. The summed E-state index contributed by atoms with van der Waals surface area (Å²) in [6, 6.07) is 13.9. The third kappa shape index (κ3) is 6.81. The van der Waals surface area contributed by atoms with Crippen molar-refractivity contribution >= 4 is 34.8 Å². The lowest BCUT2D eigenvalue weighted by Gasteiger charge is -2.10. The number of carbonyl (C=O) groups excluding carboxylic acids is 3. The first kappa shape index (κ1) is 20.0. The fraction of sp³-hybridized carbons (Fsp3) is 0.250. The minimum absolute atomic E-state index is 0.0753. The summed E-state index contributed by atoms with van der Waals surface area (Å²) in [6.45, 7) is 5.33. The Balaban J connectivity index is 1.83. The lowest BCUT2D eigenvalue weighted by molar-refractivity contribution is -0.115. The van der Waals surface area contributed by atoms with Gasteiger partial charge in [0.2, 0.25) is 11.8 Å². The molecule has 0 unspecified atom stereocenters. The standard InChI is InChI=1S/C20H24N4O3/c1-13(2)22-20(27)15-4-6-16(7-5-15)21-12-19(26)24-18-10-8-17(9-11-18)23-14(3)25/h4-11,13,21H,12H2,1-3H3,(H,22,27)(H,23,25)(H,24,26). The second-order valence-corrected chi connectivity index (χ2v) is 6.37. The van der Waals surface area contributed by atoms with E-state index in [1.807, 2.05) is 13.8 Å². The number of amides is 3. The van der Waals surface area contributed by atoms with E-state index in [9.17, 15) is 14.4 Å². The number of benzene rings is 2. The van der Waals surface area contributed by atoms with Crippen LogP contribution in [0.2, 0.25) is 0 Å². The van der Waals surface area contributed by atoms with Gasteiger partial charge >= 0.3 is 0 Å². The van der Waals surface area contributed by atoms with Crippen molar-refractivity contribution in [3.63, 3.8) is 0 Å². The smallest absolute Gasteiger partial charge is 0.251 e. The molecule has 0 aliphatic heterocycles. The molecule has 0 aliphatic rings. The van der Waals surface area contributed by atoms with E-state index in [1.165, 1.54) is 6.92 Å². The van der Waals surface area contributed by atoms with E-state index in [1.54, 1.807) is 48.5 Å². The Labute approximate surface area is 158 Å². The molecule has 0 atom stereocenters. The lowest BCUT2D eigenvalue weighted by atomic mass is 10.2. The quantitative estimate of drug-likeness (QED) is 0.604. The van der Waals surface area contributed by atoms with Crippen LogP contribution in [0, 0.1) is 0 Å². The maximum atomic E-state index is 12.0. The van der Waals surface area contributed by atoms with Gasteiger partial charge in [-0.1, -0.05) is 0 Å². The first-order valence-electron chi connectivity index (χ1n) is 8.66. The number of carbonyl (C=O) groups is 3. The summed E-state index contributed by atoms with van der Waals surface area (Å²) in [5.74, 6) is -0.482. The summed E-state index contributed by atoms with van der Waals surface area (Å²) in [7, 11) is 0. The van der Waals surface area contributed by atoms with Crippen LogP contribution in [-0.2, 0) is 9.59 Å². The Morgan fingerprint density at radius 3 is 1.85 bits per heavy atom. The normalized spacial score (nSPS) is 10.2. The van der Waals surface area contributed by atoms with Crippen molar-refractivity contribution in [2.45, 2.75) is 26.8 Å². The Kier molecular flexibility index (Phi) is 6.93. The highest BCUT2D eigenvalue weighted by Gasteiger charge is 2.07.